The molecule has 3 heterocycles. The number of rotatable bonds is 5. The zero-order chi connectivity index (χ0) is 17.2. The maximum absolute atomic E-state index is 12.1. The van der Waals surface area contributed by atoms with Gasteiger partial charge in [0.05, 0.1) is 29.9 Å². The summed E-state index contributed by atoms with van der Waals surface area (Å²) in [5, 5.41) is 6.72. The molecule has 0 bridgehead atoms. The van der Waals surface area contributed by atoms with Crippen LogP contribution in [0.4, 0.5) is 5.69 Å². The summed E-state index contributed by atoms with van der Waals surface area (Å²) in [6, 6.07) is 3.34. The van der Waals surface area contributed by atoms with E-state index in [1.807, 2.05) is 0 Å². The van der Waals surface area contributed by atoms with Crippen LogP contribution in [0.15, 0.2) is 31.0 Å². The molecule has 2 aromatic rings. The topological polar surface area (TPSA) is 110 Å². The Morgan fingerprint density at radius 2 is 2.29 bits per heavy atom. The zero-order valence-corrected chi connectivity index (χ0v) is 14.0. The number of aromatic nitrogens is 4. The van der Waals surface area contributed by atoms with E-state index in [1.165, 1.54) is 23.5 Å². The lowest BCUT2D eigenvalue weighted by Gasteiger charge is -2.22. The van der Waals surface area contributed by atoms with Crippen molar-refractivity contribution < 1.29 is 13.2 Å². The molecule has 1 atom stereocenters. The Bertz CT molecular complexity index is 804. The summed E-state index contributed by atoms with van der Waals surface area (Å²) in [4.78, 5) is 21.9. The molecule has 1 aliphatic heterocycles. The summed E-state index contributed by atoms with van der Waals surface area (Å²) in [6.45, 7) is 0.130. The Balaban J connectivity index is 1.55. The van der Waals surface area contributed by atoms with Gasteiger partial charge in [0.15, 0.2) is 15.7 Å². The van der Waals surface area contributed by atoms with Crippen LogP contribution in [0.25, 0.3) is 5.82 Å². The highest BCUT2D eigenvalue weighted by Gasteiger charge is 2.31. The van der Waals surface area contributed by atoms with E-state index in [2.05, 4.69) is 20.4 Å². The Morgan fingerprint density at radius 1 is 1.46 bits per heavy atom. The Morgan fingerprint density at radius 3 is 2.88 bits per heavy atom. The number of hydrogen-bond donors (Lipinski definition) is 1. The molecule has 1 saturated heterocycles. The van der Waals surface area contributed by atoms with Gasteiger partial charge in [0.2, 0.25) is 5.91 Å². The summed E-state index contributed by atoms with van der Waals surface area (Å²) in [5.41, 5.74) is 0.566. The van der Waals surface area contributed by atoms with Gasteiger partial charge in [-0.05, 0) is 25.6 Å². The molecule has 0 saturated carbocycles. The van der Waals surface area contributed by atoms with Crippen molar-refractivity contribution in [3.05, 3.63) is 31.0 Å². The van der Waals surface area contributed by atoms with Crippen LogP contribution in [0.5, 0.6) is 0 Å². The minimum Gasteiger partial charge on any atom is -0.324 e. The fourth-order valence-electron chi connectivity index (χ4n) is 2.60. The highest BCUT2D eigenvalue weighted by atomic mass is 32.2. The van der Waals surface area contributed by atoms with Crippen LogP contribution in [0.2, 0.25) is 0 Å². The van der Waals surface area contributed by atoms with Crippen molar-refractivity contribution in [2.24, 2.45) is 0 Å². The van der Waals surface area contributed by atoms with Crippen molar-refractivity contribution in [1.29, 1.82) is 0 Å². The largest absolute Gasteiger partial charge is 0.324 e. The van der Waals surface area contributed by atoms with Gasteiger partial charge < -0.3 is 5.32 Å². The third-order valence-electron chi connectivity index (χ3n) is 3.91. The van der Waals surface area contributed by atoms with Crippen molar-refractivity contribution in [2.45, 2.75) is 12.5 Å². The van der Waals surface area contributed by atoms with Gasteiger partial charge >= 0.3 is 0 Å². The number of likely N-dealkylation sites (N-methyl/N-ethyl adjacent to an activating group) is 1. The van der Waals surface area contributed by atoms with Crippen LogP contribution in [0, 0.1) is 0 Å². The molecule has 0 aromatic carbocycles. The first-order valence-electron chi connectivity index (χ1n) is 7.44. The summed E-state index contributed by atoms with van der Waals surface area (Å²) >= 11 is 0. The highest BCUT2D eigenvalue weighted by Crippen LogP contribution is 2.16. The van der Waals surface area contributed by atoms with Gasteiger partial charge in [0, 0.05) is 6.04 Å². The maximum atomic E-state index is 12.1. The first-order chi connectivity index (χ1) is 11.4. The smallest absolute Gasteiger partial charge is 0.238 e. The van der Waals surface area contributed by atoms with Crippen molar-refractivity contribution in [3.63, 3.8) is 0 Å². The minimum absolute atomic E-state index is 0.103. The van der Waals surface area contributed by atoms with Crippen molar-refractivity contribution >= 4 is 21.4 Å². The number of carbonyl (C=O) groups is 1. The van der Waals surface area contributed by atoms with Gasteiger partial charge in [-0.1, -0.05) is 0 Å². The molecule has 1 fully saturated rings. The van der Waals surface area contributed by atoms with E-state index in [1.54, 1.807) is 24.1 Å². The van der Waals surface area contributed by atoms with Crippen LogP contribution >= 0.6 is 0 Å². The quantitative estimate of drug-likeness (QED) is 0.789. The number of anilines is 1. The van der Waals surface area contributed by atoms with Crippen LogP contribution in [-0.2, 0) is 14.6 Å². The molecule has 10 heteroatoms. The van der Waals surface area contributed by atoms with Crippen LogP contribution < -0.4 is 5.32 Å². The number of hydrogen-bond acceptors (Lipinski definition) is 7. The normalized spacial score (nSPS) is 19.5. The van der Waals surface area contributed by atoms with Gasteiger partial charge in [-0.15, -0.1) is 0 Å². The Labute approximate surface area is 139 Å². The highest BCUT2D eigenvalue weighted by molar-refractivity contribution is 7.91. The Hall–Kier alpha value is -2.33. The molecule has 0 radical (unpaired) electrons. The van der Waals surface area contributed by atoms with Gasteiger partial charge in [0.25, 0.3) is 0 Å². The predicted molar refractivity (Wildman–Crippen MR) is 87.5 cm³/mol. The number of carbonyl (C=O) groups excluding carboxylic acids is 1. The number of nitrogens with one attached hydrogen (secondary N) is 1. The van der Waals surface area contributed by atoms with Crippen molar-refractivity contribution in [2.75, 3.05) is 30.4 Å². The van der Waals surface area contributed by atoms with E-state index < -0.39 is 9.84 Å². The molecule has 1 aliphatic rings. The Kier molecular flexibility index (Phi) is 4.58. The lowest BCUT2D eigenvalue weighted by molar-refractivity contribution is -0.117. The van der Waals surface area contributed by atoms with E-state index in [9.17, 15) is 13.2 Å². The van der Waals surface area contributed by atoms with Crippen LogP contribution in [0.3, 0.4) is 0 Å². The first-order valence-corrected chi connectivity index (χ1v) is 9.27. The van der Waals surface area contributed by atoms with E-state index >= 15 is 0 Å². The molecule has 2 aromatic heterocycles. The number of amides is 1. The second kappa shape index (κ2) is 6.65. The molecular weight excluding hydrogens is 332 g/mol. The molecule has 1 amide bonds. The van der Waals surface area contributed by atoms with E-state index in [4.69, 9.17) is 0 Å². The average molecular weight is 350 g/mol. The molecule has 1 N–H and O–H groups in total. The van der Waals surface area contributed by atoms with Crippen molar-refractivity contribution in [3.8, 4) is 5.82 Å². The van der Waals surface area contributed by atoms with Gasteiger partial charge in [0.1, 0.15) is 12.7 Å². The third-order valence-corrected chi connectivity index (χ3v) is 5.66. The molecule has 0 aliphatic carbocycles. The second-order valence-electron chi connectivity index (χ2n) is 5.77. The summed E-state index contributed by atoms with van der Waals surface area (Å²) in [5.74, 6) is 0.693. The molecule has 0 spiro atoms. The third kappa shape index (κ3) is 3.95. The predicted octanol–water partition coefficient (Wildman–Crippen LogP) is -0.280. The summed E-state index contributed by atoms with van der Waals surface area (Å²) < 4.78 is 24.5. The number of pyridine rings is 1. The minimum atomic E-state index is -2.96. The number of nitrogens with zero attached hydrogens (tertiary/aromatic N) is 5. The van der Waals surface area contributed by atoms with E-state index in [0.717, 1.165) is 0 Å². The second-order valence-corrected chi connectivity index (χ2v) is 7.99. The van der Waals surface area contributed by atoms with Crippen LogP contribution in [0.1, 0.15) is 6.42 Å². The molecule has 3 rings (SSSR count). The molecule has 0 unspecified atom stereocenters. The fourth-order valence-corrected chi connectivity index (χ4v) is 4.41. The lowest BCUT2D eigenvalue weighted by atomic mass is 10.2. The molecule has 128 valence electrons. The summed E-state index contributed by atoms with van der Waals surface area (Å²) in [6.07, 6.45) is 5.05. The zero-order valence-electron chi connectivity index (χ0n) is 13.2. The molecular formula is C14H18N6O3S. The lowest BCUT2D eigenvalue weighted by Crippen LogP contribution is -2.38. The monoisotopic (exact) mass is 350 g/mol. The first kappa shape index (κ1) is 16.5. The van der Waals surface area contributed by atoms with E-state index in [0.29, 0.717) is 17.9 Å². The maximum Gasteiger partial charge on any atom is 0.238 e. The molecule has 24 heavy (non-hydrogen) atoms. The fraction of sp³-hybridized carbons (Fsp3) is 0.429. The SMILES string of the molecule is CN(CC(=O)Nc1ccc(-n2cncn2)nc1)[C@@H]1CCS(=O)(=O)C1. The standard InChI is InChI=1S/C14H18N6O3S/c1-19(12-4-5-24(22,23)8-12)7-14(21)18-11-2-3-13(16-6-11)20-10-15-9-17-20/h2-3,6,9-10,12H,4-5,7-8H2,1H3,(H,18,21)/t12-/m1/s1. The van der Waals surface area contributed by atoms with Crippen LogP contribution in [-0.4, -0.2) is 70.1 Å². The summed E-state index contributed by atoms with van der Waals surface area (Å²) in [7, 11) is -1.20. The number of sulfone groups is 1. The van der Waals surface area contributed by atoms with Crippen molar-refractivity contribution in [1.82, 2.24) is 24.6 Å². The van der Waals surface area contributed by atoms with Gasteiger partial charge in [-0.3, -0.25) is 9.69 Å². The van der Waals surface area contributed by atoms with E-state index in [-0.39, 0.29) is 30.0 Å². The van der Waals surface area contributed by atoms with Gasteiger partial charge in [-0.25, -0.2) is 23.1 Å². The van der Waals surface area contributed by atoms with Gasteiger partial charge in [-0.2, -0.15) is 5.10 Å². The molecule has 9 nitrogen and oxygen atoms in total. The average Bonchev–Trinajstić information content (AvgIpc) is 3.17.